The normalized spacial score (nSPS) is 13.3. The Kier molecular flexibility index (Phi) is 5.28. The van der Waals surface area contributed by atoms with Crippen LogP contribution in [0.1, 0.15) is 26.0 Å². The van der Waals surface area contributed by atoms with Crippen molar-refractivity contribution >= 4 is 33.2 Å². The van der Waals surface area contributed by atoms with E-state index in [0.717, 1.165) is 6.42 Å². The van der Waals surface area contributed by atoms with Crippen molar-refractivity contribution in [1.29, 1.82) is 0 Å². The van der Waals surface area contributed by atoms with Crippen LogP contribution in [-0.2, 0) is 21.0 Å². The molecule has 1 aromatic rings. The molecule has 0 aromatic carbocycles. The predicted molar refractivity (Wildman–Crippen MR) is 74.8 cm³/mol. The molecule has 0 aliphatic carbocycles. The zero-order valence-corrected chi connectivity index (χ0v) is 12.4. The molecule has 0 aliphatic rings. The molecule has 1 heterocycles. The minimum Gasteiger partial charge on any atom is -0.481 e. The van der Waals surface area contributed by atoms with Gasteiger partial charge in [-0.2, -0.15) is 0 Å². The van der Waals surface area contributed by atoms with Crippen LogP contribution in [0.15, 0.2) is 5.38 Å². The zero-order chi connectivity index (χ0) is 13.8. The number of hydrogen-bond donors (Lipinski definition) is 2. The van der Waals surface area contributed by atoms with Gasteiger partial charge < -0.3 is 10.4 Å². The maximum Gasteiger partial charge on any atom is 0.315 e. The van der Waals surface area contributed by atoms with Crippen molar-refractivity contribution in [3.8, 4) is 0 Å². The van der Waals surface area contributed by atoms with Gasteiger partial charge in [-0.15, -0.1) is 11.3 Å². The summed E-state index contributed by atoms with van der Waals surface area (Å²) in [6.45, 7) is 3.96. The average Bonchev–Trinajstić information content (AvgIpc) is 2.73. The van der Waals surface area contributed by atoms with Crippen LogP contribution in [0, 0.1) is 0 Å². The second-order valence-corrected chi connectivity index (χ2v) is 6.94. The number of hydrogen-bond acceptors (Lipinski definition) is 5. The Bertz CT molecular complexity index is 443. The second kappa shape index (κ2) is 6.29. The first-order valence-corrected chi connectivity index (χ1v) is 8.18. The topological polar surface area (TPSA) is 79.3 Å². The highest BCUT2D eigenvalue weighted by atomic mass is 32.2. The monoisotopic (exact) mass is 290 g/mol. The smallest absolute Gasteiger partial charge is 0.315 e. The summed E-state index contributed by atoms with van der Waals surface area (Å²) >= 11 is 1.39. The Hall–Kier alpha value is -0.950. The van der Waals surface area contributed by atoms with Crippen molar-refractivity contribution in [2.24, 2.45) is 0 Å². The fourth-order valence-electron chi connectivity index (χ4n) is 1.22. The van der Waals surface area contributed by atoms with E-state index in [1.807, 2.05) is 0 Å². The molecule has 0 bridgehead atoms. The summed E-state index contributed by atoms with van der Waals surface area (Å²) < 4.78 is 10.9. The molecule has 0 amide bonds. The van der Waals surface area contributed by atoms with Crippen LogP contribution in [0.2, 0.25) is 0 Å². The molecule has 0 radical (unpaired) electrons. The Labute approximate surface area is 113 Å². The molecule has 0 fully saturated rings. The van der Waals surface area contributed by atoms with Crippen molar-refractivity contribution < 1.29 is 14.1 Å². The van der Waals surface area contributed by atoms with E-state index in [9.17, 15) is 9.00 Å². The standard InChI is InChI=1S/C11H18N2O3S2/c1-11(2,9(14)15)8-7-17-10(13-8)12-5-4-6-18(3)16/h7H,4-6H2,1-3H3,(H,12,13)(H,14,15). The third-order valence-electron chi connectivity index (χ3n) is 2.56. The molecule has 18 heavy (non-hydrogen) atoms. The fourth-order valence-corrected chi connectivity index (χ4v) is 2.68. The van der Waals surface area contributed by atoms with Crippen LogP contribution < -0.4 is 5.32 Å². The predicted octanol–water partition coefficient (Wildman–Crippen LogP) is 1.69. The van der Waals surface area contributed by atoms with Crippen LogP contribution in [0.25, 0.3) is 0 Å². The van der Waals surface area contributed by atoms with Crippen molar-refractivity contribution in [2.45, 2.75) is 25.7 Å². The minimum atomic E-state index is -0.971. The number of aliphatic carboxylic acids is 1. The first kappa shape index (κ1) is 15.1. The molecule has 0 saturated heterocycles. The van der Waals surface area contributed by atoms with Crippen molar-refractivity contribution in [3.05, 3.63) is 11.1 Å². The Morgan fingerprint density at radius 1 is 1.61 bits per heavy atom. The van der Waals surface area contributed by atoms with Gasteiger partial charge in [-0.05, 0) is 20.3 Å². The van der Waals surface area contributed by atoms with Crippen molar-refractivity contribution in [2.75, 3.05) is 23.9 Å². The molecule has 0 spiro atoms. The molecule has 1 aromatic heterocycles. The molecule has 0 saturated carbocycles. The van der Waals surface area contributed by atoms with E-state index < -0.39 is 22.2 Å². The minimum absolute atomic E-state index is 0.557. The van der Waals surface area contributed by atoms with E-state index in [0.29, 0.717) is 23.1 Å². The van der Waals surface area contributed by atoms with Crippen LogP contribution >= 0.6 is 11.3 Å². The number of carbonyl (C=O) groups is 1. The molecule has 7 heteroatoms. The molecule has 2 N–H and O–H groups in total. The number of anilines is 1. The SMILES string of the molecule is CS(=O)CCCNc1nc(C(C)(C)C(=O)O)cs1. The van der Waals surface area contributed by atoms with Gasteiger partial charge in [0.25, 0.3) is 0 Å². The van der Waals surface area contributed by atoms with Gasteiger partial charge >= 0.3 is 5.97 Å². The average molecular weight is 290 g/mol. The number of carboxylic acid groups (broad SMARTS) is 1. The lowest BCUT2D eigenvalue weighted by Crippen LogP contribution is -2.28. The number of thiazole rings is 1. The summed E-state index contributed by atoms with van der Waals surface area (Å²) in [4.78, 5) is 15.3. The highest BCUT2D eigenvalue weighted by molar-refractivity contribution is 7.84. The first-order valence-electron chi connectivity index (χ1n) is 5.57. The van der Waals surface area contributed by atoms with Gasteiger partial charge in [0.2, 0.25) is 0 Å². The van der Waals surface area contributed by atoms with Crippen LogP contribution in [0.3, 0.4) is 0 Å². The molecule has 0 aliphatic heterocycles. The third kappa shape index (κ3) is 4.06. The number of nitrogens with one attached hydrogen (secondary N) is 1. The summed E-state index contributed by atoms with van der Waals surface area (Å²) in [5.74, 6) is -0.230. The van der Waals surface area contributed by atoms with Gasteiger partial charge in [-0.1, -0.05) is 0 Å². The molecular formula is C11H18N2O3S2. The Morgan fingerprint density at radius 3 is 2.83 bits per heavy atom. The number of carboxylic acids is 1. The number of rotatable bonds is 7. The van der Waals surface area contributed by atoms with Crippen LogP contribution in [-0.4, -0.2) is 38.8 Å². The highest BCUT2D eigenvalue weighted by Crippen LogP contribution is 2.27. The van der Waals surface area contributed by atoms with Gasteiger partial charge in [-0.25, -0.2) is 4.98 Å². The Balaban J connectivity index is 2.54. The lowest BCUT2D eigenvalue weighted by Gasteiger charge is -2.15. The molecule has 1 rings (SSSR count). The fraction of sp³-hybridized carbons (Fsp3) is 0.636. The van der Waals surface area contributed by atoms with Crippen molar-refractivity contribution in [3.63, 3.8) is 0 Å². The molecule has 102 valence electrons. The summed E-state index contributed by atoms with van der Waals surface area (Å²) in [7, 11) is -0.773. The molecule has 1 atom stereocenters. The first-order chi connectivity index (χ1) is 8.34. The molecule has 1 unspecified atom stereocenters. The second-order valence-electron chi connectivity index (χ2n) is 4.53. The third-order valence-corrected chi connectivity index (χ3v) is 4.23. The van der Waals surface area contributed by atoms with Gasteiger partial charge in [0.15, 0.2) is 5.13 Å². The summed E-state index contributed by atoms with van der Waals surface area (Å²) in [6, 6.07) is 0. The summed E-state index contributed by atoms with van der Waals surface area (Å²) in [5, 5.41) is 14.7. The van der Waals surface area contributed by atoms with E-state index in [-0.39, 0.29) is 0 Å². The van der Waals surface area contributed by atoms with E-state index >= 15 is 0 Å². The lowest BCUT2D eigenvalue weighted by atomic mass is 9.90. The van der Waals surface area contributed by atoms with E-state index in [2.05, 4.69) is 10.3 Å². The lowest BCUT2D eigenvalue weighted by molar-refractivity contribution is -0.142. The van der Waals surface area contributed by atoms with Gasteiger partial charge in [0, 0.05) is 34.7 Å². The number of aromatic nitrogens is 1. The summed E-state index contributed by atoms with van der Waals surface area (Å²) in [5.41, 5.74) is -0.414. The maximum absolute atomic E-state index is 11.1. The van der Waals surface area contributed by atoms with Crippen molar-refractivity contribution in [1.82, 2.24) is 4.98 Å². The molecular weight excluding hydrogens is 272 g/mol. The van der Waals surface area contributed by atoms with E-state index in [1.165, 1.54) is 11.3 Å². The quantitative estimate of drug-likeness (QED) is 0.747. The molecule has 5 nitrogen and oxygen atoms in total. The van der Waals surface area contributed by atoms with Crippen LogP contribution in [0.4, 0.5) is 5.13 Å². The maximum atomic E-state index is 11.1. The summed E-state index contributed by atoms with van der Waals surface area (Å²) in [6.07, 6.45) is 2.48. The Morgan fingerprint density at radius 2 is 2.28 bits per heavy atom. The highest BCUT2D eigenvalue weighted by Gasteiger charge is 2.32. The zero-order valence-electron chi connectivity index (χ0n) is 10.7. The van der Waals surface area contributed by atoms with Crippen LogP contribution in [0.5, 0.6) is 0 Å². The number of nitrogens with zero attached hydrogens (tertiary/aromatic N) is 1. The van der Waals surface area contributed by atoms with E-state index in [1.54, 1.807) is 25.5 Å². The van der Waals surface area contributed by atoms with Gasteiger partial charge in [0.05, 0.1) is 5.69 Å². The van der Waals surface area contributed by atoms with E-state index in [4.69, 9.17) is 5.11 Å². The van der Waals surface area contributed by atoms with Gasteiger partial charge in [-0.3, -0.25) is 9.00 Å². The van der Waals surface area contributed by atoms with Gasteiger partial charge in [0.1, 0.15) is 5.41 Å². The largest absolute Gasteiger partial charge is 0.481 e.